The van der Waals surface area contributed by atoms with E-state index in [-0.39, 0.29) is 33.8 Å². The largest absolute Gasteiger partial charge is 0.454 e. The molecule has 8 aromatic carbocycles. The maximum absolute atomic E-state index is 7.09. The van der Waals surface area contributed by atoms with E-state index in [1.54, 1.807) is 0 Å². The van der Waals surface area contributed by atoms with E-state index >= 15 is 0 Å². The van der Waals surface area contributed by atoms with Crippen LogP contribution in [0.2, 0.25) is 0 Å². The van der Waals surface area contributed by atoms with E-state index in [0.29, 0.717) is 0 Å². The predicted molar refractivity (Wildman–Crippen MR) is 321 cm³/mol. The molecule has 0 unspecified atom stereocenters. The van der Waals surface area contributed by atoms with E-state index in [9.17, 15) is 0 Å². The second-order valence-corrected chi connectivity index (χ2v) is 26.4. The van der Waals surface area contributed by atoms with Gasteiger partial charge in [0.25, 0.3) is 6.71 Å². The molecule has 75 heavy (non-hydrogen) atoms. The van der Waals surface area contributed by atoms with Crippen molar-refractivity contribution in [3.8, 4) is 0 Å². The fraction of sp³-hybridized carbons (Fsp3) is 0.314. The molecule has 5 heteroatoms. The number of benzene rings is 8. The molecule has 376 valence electrons. The average Bonchev–Trinajstić information content (AvgIpc) is 3.77. The molecule has 2 aliphatic carbocycles. The minimum atomic E-state index is -0.178. The topological polar surface area (TPSA) is 22.9 Å². The maximum Gasteiger partial charge on any atom is 0.252 e. The smallest absolute Gasteiger partial charge is 0.252 e. The molecule has 0 amide bonds. The molecule has 4 aliphatic rings. The zero-order valence-corrected chi connectivity index (χ0v) is 46.6. The standard InChI is InChI=1S/C70H72BN3O/c1-43-21-14-17-25-56(43)72(57-26-18-15-22-44(57)2)47-30-32-54-59(40-47)74(58-27-20-24-49-48-23-16-19-28-63(48)75-65(49)58)62-38-45(66(3,4)5)37-61-64(62)71(54)55-41-52-53(70(12,13)36-35-69(52,10)11)42-60(55)73(61)46-29-31-50-51(39-46)68(8,9)34-33-67(50,6)7/h14-32,37-42H,33-36H2,1-13H3. The summed E-state index contributed by atoms with van der Waals surface area (Å²) in [6, 6.07) is 58.3. The van der Waals surface area contributed by atoms with Crippen molar-refractivity contribution in [2.75, 3.05) is 14.7 Å². The van der Waals surface area contributed by atoms with Crippen LogP contribution in [0.4, 0.5) is 51.2 Å². The predicted octanol–water partition coefficient (Wildman–Crippen LogP) is 17.8. The first-order valence-electron chi connectivity index (χ1n) is 27.7. The van der Waals surface area contributed by atoms with Gasteiger partial charge in [0.1, 0.15) is 5.58 Å². The summed E-state index contributed by atoms with van der Waals surface area (Å²) in [7, 11) is 0. The molecule has 0 N–H and O–H groups in total. The first-order valence-corrected chi connectivity index (χ1v) is 27.7. The molecule has 3 heterocycles. The van der Waals surface area contributed by atoms with Crippen molar-refractivity contribution in [3.05, 3.63) is 191 Å². The third-order valence-corrected chi connectivity index (χ3v) is 18.6. The van der Waals surface area contributed by atoms with Gasteiger partial charge in [-0.25, -0.2) is 0 Å². The lowest BCUT2D eigenvalue weighted by atomic mass is 9.33. The van der Waals surface area contributed by atoms with Crippen LogP contribution in [0.1, 0.15) is 141 Å². The highest BCUT2D eigenvalue weighted by molar-refractivity contribution is 7.00. The number of para-hydroxylation sites is 4. The Morgan fingerprint density at radius 3 is 1.65 bits per heavy atom. The van der Waals surface area contributed by atoms with E-state index in [1.165, 1.54) is 84.5 Å². The minimum Gasteiger partial charge on any atom is -0.454 e. The van der Waals surface area contributed by atoms with Gasteiger partial charge in [0.15, 0.2) is 5.58 Å². The maximum atomic E-state index is 7.09. The Kier molecular flexibility index (Phi) is 10.3. The molecule has 13 rings (SSSR count). The second kappa shape index (κ2) is 16.3. The Morgan fingerprint density at radius 1 is 0.467 bits per heavy atom. The fourth-order valence-corrected chi connectivity index (χ4v) is 13.8. The summed E-state index contributed by atoms with van der Waals surface area (Å²) in [6.45, 7) is 31.3. The molecule has 2 aliphatic heterocycles. The van der Waals surface area contributed by atoms with E-state index in [1.807, 2.05) is 0 Å². The molecule has 0 saturated carbocycles. The highest BCUT2D eigenvalue weighted by Crippen LogP contribution is 2.54. The van der Waals surface area contributed by atoms with Crippen LogP contribution in [0.3, 0.4) is 0 Å². The van der Waals surface area contributed by atoms with Crippen molar-refractivity contribution < 1.29 is 4.42 Å². The van der Waals surface area contributed by atoms with Gasteiger partial charge in [0.05, 0.1) is 5.69 Å². The Balaban J connectivity index is 1.18. The number of hydrogen-bond acceptors (Lipinski definition) is 4. The number of aryl methyl sites for hydroxylation is 2. The lowest BCUT2D eigenvalue weighted by Gasteiger charge is -2.48. The lowest BCUT2D eigenvalue weighted by Crippen LogP contribution is -2.62. The lowest BCUT2D eigenvalue weighted by molar-refractivity contribution is 0.332. The number of anilines is 9. The van der Waals surface area contributed by atoms with Crippen LogP contribution in [0.15, 0.2) is 156 Å². The first kappa shape index (κ1) is 47.7. The molecule has 0 spiro atoms. The van der Waals surface area contributed by atoms with Gasteiger partial charge < -0.3 is 19.1 Å². The van der Waals surface area contributed by atoms with Gasteiger partial charge in [-0.3, -0.25) is 0 Å². The van der Waals surface area contributed by atoms with Gasteiger partial charge in [0, 0.05) is 56.3 Å². The van der Waals surface area contributed by atoms with Crippen molar-refractivity contribution in [2.24, 2.45) is 0 Å². The van der Waals surface area contributed by atoms with Crippen LogP contribution < -0.4 is 31.1 Å². The van der Waals surface area contributed by atoms with Gasteiger partial charge in [-0.1, -0.05) is 161 Å². The third-order valence-electron chi connectivity index (χ3n) is 18.6. The molecule has 4 nitrogen and oxygen atoms in total. The van der Waals surface area contributed by atoms with Crippen molar-refractivity contribution in [1.82, 2.24) is 0 Å². The summed E-state index contributed by atoms with van der Waals surface area (Å²) in [6.07, 6.45) is 4.64. The van der Waals surface area contributed by atoms with Crippen LogP contribution in [0.25, 0.3) is 21.9 Å². The van der Waals surface area contributed by atoms with Crippen molar-refractivity contribution in [2.45, 2.75) is 143 Å². The van der Waals surface area contributed by atoms with Gasteiger partial charge in [-0.15, -0.1) is 0 Å². The Hall–Kier alpha value is -6.98. The molecule has 1 aromatic heterocycles. The monoisotopic (exact) mass is 982 g/mol. The summed E-state index contributed by atoms with van der Waals surface area (Å²) in [5, 5.41) is 2.25. The van der Waals surface area contributed by atoms with Gasteiger partial charge >= 0.3 is 0 Å². The van der Waals surface area contributed by atoms with Crippen molar-refractivity contribution >= 4 is 96.2 Å². The van der Waals surface area contributed by atoms with Gasteiger partial charge in [-0.05, 0) is 189 Å². The van der Waals surface area contributed by atoms with Crippen LogP contribution in [0.5, 0.6) is 0 Å². The second-order valence-electron chi connectivity index (χ2n) is 26.4. The Bertz CT molecular complexity index is 3800. The van der Waals surface area contributed by atoms with E-state index in [0.717, 1.165) is 69.6 Å². The molecule has 0 bridgehead atoms. The quantitative estimate of drug-likeness (QED) is 0.160. The number of furan rings is 1. The molecule has 0 radical (unpaired) electrons. The zero-order chi connectivity index (χ0) is 52.3. The summed E-state index contributed by atoms with van der Waals surface area (Å²) in [4.78, 5) is 7.77. The summed E-state index contributed by atoms with van der Waals surface area (Å²) >= 11 is 0. The van der Waals surface area contributed by atoms with E-state index < -0.39 is 0 Å². The van der Waals surface area contributed by atoms with Crippen LogP contribution in [-0.2, 0) is 27.1 Å². The first-order chi connectivity index (χ1) is 35.6. The van der Waals surface area contributed by atoms with Crippen LogP contribution in [-0.4, -0.2) is 6.71 Å². The highest BCUT2D eigenvalue weighted by Gasteiger charge is 2.48. The minimum absolute atomic E-state index is 0.0112. The van der Waals surface area contributed by atoms with E-state index in [4.69, 9.17) is 4.42 Å². The molecule has 0 saturated heterocycles. The highest BCUT2D eigenvalue weighted by atomic mass is 16.3. The molecular weight excluding hydrogens is 910 g/mol. The summed E-state index contributed by atoms with van der Waals surface area (Å²) in [5.74, 6) is 0. The van der Waals surface area contributed by atoms with Gasteiger partial charge in [-0.2, -0.15) is 0 Å². The Labute approximate surface area is 446 Å². The van der Waals surface area contributed by atoms with E-state index in [2.05, 4.69) is 256 Å². The number of fused-ring (bicyclic) bond motifs is 9. The molecule has 0 fully saturated rings. The normalized spacial score (nSPS) is 17.5. The molecule has 9 aromatic rings. The summed E-state index contributed by atoms with van der Waals surface area (Å²) < 4.78 is 7.09. The van der Waals surface area contributed by atoms with Crippen molar-refractivity contribution in [1.29, 1.82) is 0 Å². The van der Waals surface area contributed by atoms with Crippen molar-refractivity contribution in [3.63, 3.8) is 0 Å². The number of rotatable bonds is 5. The SMILES string of the molecule is Cc1ccccc1N(c1ccc2c(c1)N(c1cccc3c1oc1ccccc13)c1cc(C(C)(C)C)cc3c1B2c1cc2c(cc1N3c1ccc3c(c1)C(C)(C)CCC3(C)C)C(C)(C)CCC2(C)C)c1ccccc1C. The number of nitrogens with zero attached hydrogens (tertiary/aromatic N) is 3. The van der Waals surface area contributed by atoms with Crippen LogP contribution in [0, 0.1) is 13.8 Å². The third kappa shape index (κ3) is 7.23. The molecular formula is C70H72BN3O. The molecule has 0 atom stereocenters. The number of hydrogen-bond donors (Lipinski definition) is 0. The van der Waals surface area contributed by atoms with Gasteiger partial charge in [0.2, 0.25) is 0 Å². The fourth-order valence-electron chi connectivity index (χ4n) is 13.8. The summed E-state index contributed by atoms with van der Waals surface area (Å²) in [5.41, 5.74) is 26.1. The Morgan fingerprint density at radius 2 is 1.01 bits per heavy atom. The van der Waals surface area contributed by atoms with Crippen LogP contribution >= 0.6 is 0 Å². The average molecular weight is 982 g/mol. The zero-order valence-electron chi connectivity index (χ0n) is 46.6.